The van der Waals surface area contributed by atoms with Gasteiger partial charge in [-0.2, -0.15) is 0 Å². The molecule has 0 aliphatic carbocycles. The Morgan fingerprint density at radius 1 is 1.25 bits per heavy atom. The highest BCUT2D eigenvalue weighted by atomic mass is 16.5. The zero-order valence-electron chi connectivity index (χ0n) is 13.8. The van der Waals surface area contributed by atoms with Crippen LogP contribution in [0.1, 0.15) is 29.1 Å². The van der Waals surface area contributed by atoms with Gasteiger partial charge < -0.3 is 14.6 Å². The smallest absolute Gasteiger partial charge is 0.251 e. The zero-order chi connectivity index (χ0) is 16.9. The number of rotatable bonds is 6. The highest BCUT2D eigenvalue weighted by Crippen LogP contribution is 2.21. The molecular formula is C18H20N4O2. The van der Waals surface area contributed by atoms with Crippen molar-refractivity contribution < 1.29 is 9.53 Å². The molecule has 0 unspecified atom stereocenters. The Morgan fingerprint density at radius 3 is 2.75 bits per heavy atom. The van der Waals surface area contributed by atoms with Crippen LogP contribution in [0.15, 0.2) is 48.8 Å². The Hall–Kier alpha value is -2.73. The number of carbonyl (C=O) groups excluding carboxylic acids is 1. The number of para-hydroxylation sites is 2. The summed E-state index contributed by atoms with van der Waals surface area (Å²) in [6, 6.07) is 11.1. The molecule has 1 amide bonds. The van der Waals surface area contributed by atoms with Gasteiger partial charge in [-0.25, -0.2) is 4.98 Å². The van der Waals surface area contributed by atoms with E-state index in [4.69, 9.17) is 9.72 Å². The molecule has 0 saturated carbocycles. The minimum absolute atomic E-state index is 0.143. The first-order valence-electron chi connectivity index (χ1n) is 7.85. The molecule has 24 heavy (non-hydrogen) atoms. The number of amides is 1. The number of aromatic nitrogens is 3. The van der Waals surface area contributed by atoms with E-state index < -0.39 is 0 Å². The summed E-state index contributed by atoms with van der Waals surface area (Å²) in [5.74, 6) is 0.672. The van der Waals surface area contributed by atoms with Crippen LogP contribution in [0.2, 0.25) is 0 Å². The maximum atomic E-state index is 12.4. The van der Waals surface area contributed by atoms with Gasteiger partial charge in [0.05, 0.1) is 23.7 Å². The van der Waals surface area contributed by atoms with E-state index >= 15 is 0 Å². The fraction of sp³-hybridized carbons (Fsp3) is 0.278. The molecule has 3 rings (SSSR count). The largest absolute Gasteiger partial charge is 0.383 e. The van der Waals surface area contributed by atoms with Crippen LogP contribution < -0.4 is 5.32 Å². The molecule has 2 heterocycles. The van der Waals surface area contributed by atoms with Crippen LogP contribution >= 0.6 is 0 Å². The third-order valence-electron chi connectivity index (χ3n) is 3.88. The third kappa shape index (κ3) is 3.28. The lowest BCUT2D eigenvalue weighted by atomic mass is 10.2. The van der Waals surface area contributed by atoms with Gasteiger partial charge in [-0.3, -0.25) is 9.78 Å². The predicted octanol–water partition coefficient (Wildman–Crippen LogP) is 2.57. The summed E-state index contributed by atoms with van der Waals surface area (Å²) in [4.78, 5) is 21.0. The Bertz CT molecular complexity index is 829. The molecule has 2 aromatic heterocycles. The SMILES string of the molecule is COCCn1c([C@H](C)NC(=O)c2ccncc2)nc2ccccc21. The molecule has 0 radical (unpaired) electrons. The summed E-state index contributed by atoms with van der Waals surface area (Å²) >= 11 is 0. The lowest BCUT2D eigenvalue weighted by Crippen LogP contribution is -2.29. The lowest BCUT2D eigenvalue weighted by molar-refractivity contribution is 0.0937. The summed E-state index contributed by atoms with van der Waals surface area (Å²) in [6.07, 6.45) is 3.21. The summed E-state index contributed by atoms with van der Waals surface area (Å²) in [5, 5.41) is 3.00. The first kappa shape index (κ1) is 16.1. The first-order valence-corrected chi connectivity index (χ1v) is 7.85. The summed E-state index contributed by atoms with van der Waals surface area (Å²) in [5.41, 5.74) is 2.53. The van der Waals surface area contributed by atoms with Crippen LogP contribution in [0.5, 0.6) is 0 Å². The monoisotopic (exact) mass is 324 g/mol. The second-order valence-electron chi connectivity index (χ2n) is 5.53. The van der Waals surface area contributed by atoms with Crippen molar-refractivity contribution in [1.82, 2.24) is 19.9 Å². The normalized spacial score (nSPS) is 12.2. The van der Waals surface area contributed by atoms with E-state index in [1.54, 1.807) is 31.6 Å². The van der Waals surface area contributed by atoms with Gasteiger partial charge in [-0.1, -0.05) is 12.1 Å². The maximum absolute atomic E-state index is 12.4. The number of pyridine rings is 1. The topological polar surface area (TPSA) is 69.0 Å². The summed E-state index contributed by atoms with van der Waals surface area (Å²) in [7, 11) is 1.67. The van der Waals surface area contributed by atoms with E-state index in [9.17, 15) is 4.79 Å². The minimum atomic E-state index is -0.227. The van der Waals surface area contributed by atoms with Crippen molar-refractivity contribution in [2.75, 3.05) is 13.7 Å². The average molecular weight is 324 g/mol. The number of nitrogens with zero attached hydrogens (tertiary/aromatic N) is 3. The van der Waals surface area contributed by atoms with Gasteiger partial charge in [-0.05, 0) is 31.2 Å². The van der Waals surface area contributed by atoms with Crippen LogP contribution in [0.25, 0.3) is 11.0 Å². The van der Waals surface area contributed by atoms with Crippen molar-refractivity contribution in [3.8, 4) is 0 Å². The Morgan fingerprint density at radius 2 is 2.00 bits per heavy atom. The summed E-state index contributed by atoms with van der Waals surface area (Å²) in [6.45, 7) is 3.20. The molecule has 0 aliphatic rings. The van der Waals surface area contributed by atoms with E-state index in [0.29, 0.717) is 18.7 Å². The molecule has 0 bridgehead atoms. The molecule has 1 atom stereocenters. The van der Waals surface area contributed by atoms with Gasteiger partial charge in [0, 0.05) is 31.6 Å². The van der Waals surface area contributed by atoms with Crippen molar-refractivity contribution in [3.63, 3.8) is 0 Å². The number of ether oxygens (including phenoxy) is 1. The molecule has 0 aliphatic heterocycles. The van der Waals surface area contributed by atoms with Gasteiger partial charge in [0.1, 0.15) is 5.82 Å². The average Bonchev–Trinajstić information content (AvgIpc) is 2.99. The van der Waals surface area contributed by atoms with Crippen LogP contribution in [0.4, 0.5) is 0 Å². The highest BCUT2D eigenvalue weighted by Gasteiger charge is 2.18. The Kier molecular flexibility index (Phi) is 4.86. The number of benzene rings is 1. The number of nitrogens with one attached hydrogen (secondary N) is 1. The van der Waals surface area contributed by atoms with Gasteiger partial charge in [0.2, 0.25) is 0 Å². The predicted molar refractivity (Wildman–Crippen MR) is 91.7 cm³/mol. The van der Waals surface area contributed by atoms with Crippen LogP contribution in [0.3, 0.4) is 0 Å². The first-order chi connectivity index (χ1) is 11.7. The minimum Gasteiger partial charge on any atom is -0.383 e. The molecule has 1 aromatic carbocycles. The molecule has 0 saturated heterocycles. The van der Waals surface area contributed by atoms with Crippen molar-refractivity contribution in [2.45, 2.75) is 19.5 Å². The molecule has 0 fully saturated rings. The van der Waals surface area contributed by atoms with E-state index in [-0.39, 0.29) is 11.9 Å². The molecule has 1 N–H and O–H groups in total. The molecular weight excluding hydrogens is 304 g/mol. The second-order valence-corrected chi connectivity index (χ2v) is 5.53. The molecule has 0 spiro atoms. The number of carbonyl (C=O) groups is 1. The van der Waals surface area contributed by atoms with Crippen LogP contribution in [0, 0.1) is 0 Å². The number of fused-ring (bicyclic) bond motifs is 1. The number of imidazole rings is 1. The zero-order valence-corrected chi connectivity index (χ0v) is 13.8. The van der Waals surface area contributed by atoms with Crippen LogP contribution in [-0.2, 0) is 11.3 Å². The number of methoxy groups -OCH3 is 1. The summed E-state index contributed by atoms with van der Waals surface area (Å²) < 4.78 is 7.30. The number of hydrogen-bond acceptors (Lipinski definition) is 4. The van der Waals surface area contributed by atoms with Gasteiger partial charge in [0.15, 0.2) is 0 Å². The quantitative estimate of drug-likeness (QED) is 0.756. The Labute approximate surface area is 140 Å². The third-order valence-corrected chi connectivity index (χ3v) is 3.88. The Balaban J connectivity index is 1.88. The van der Waals surface area contributed by atoms with E-state index in [1.165, 1.54) is 0 Å². The van der Waals surface area contributed by atoms with Crippen molar-refractivity contribution >= 4 is 16.9 Å². The van der Waals surface area contributed by atoms with Gasteiger partial charge in [0.25, 0.3) is 5.91 Å². The standard InChI is InChI=1S/C18H20N4O2/c1-13(20-18(23)14-7-9-19-10-8-14)17-21-15-5-3-4-6-16(15)22(17)11-12-24-2/h3-10,13H,11-12H2,1-2H3,(H,20,23)/t13-/m0/s1. The highest BCUT2D eigenvalue weighted by molar-refractivity contribution is 5.94. The van der Waals surface area contributed by atoms with Crippen molar-refractivity contribution in [2.24, 2.45) is 0 Å². The molecule has 124 valence electrons. The van der Waals surface area contributed by atoms with Gasteiger partial charge >= 0.3 is 0 Å². The van der Waals surface area contributed by atoms with E-state index in [2.05, 4.69) is 14.9 Å². The second kappa shape index (κ2) is 7.23. The fourth-order valence-electron chi connectivity index (χ4n) is 2.69. The fourth-order valence-corrected chi connectivity index (χ4v) is 2.69. The van der Waals surface area contributed by atoms with Gasteiger partial charge in [-0.15, -0.1) is 0 Å². The maximum Gasteiger partial charge on any atom is 0.251 e. The molecule has 6 heteroatoms. The van der Waals surface area contributed by atoms with Crippen LogP contribution in [-0.4, -0.2) is 34.2 Å². The molecule has 6 nitrogen and oxygen atoms in total. The van der Waals surface area contributed by atoms with E-state index in [0.717, 1.165) is 16.9 Å². The van der Waals surface area contributed by atoms with E-state index in [1.807, 2.05) is 31.2 Å². The van der Waals surface area contributed by atoms with Crippen molar-refractivity contribution in [3.05, 3.63) is 60.2 Å². The molecule has 3 aromatic rings. The van der Waals surface area contributed by atoms with Crippen molar-refractivity contribution in [1.29, 1.82) is 0 Å². The lowest BCUT2D eigenvalue weighted by Gasteiger charge is -2.16. The number of hydrogen-bond donors (Lipinski definition) is 1.